The number of hydrogen-bond acceptors (Lipinski definition) is 3. The Labute approximate surface area is 200 Å². The predicted octanol–water partition coefficient (Wildman–Crippen LogP) is 5.38. The summed E-state index contributed by atoms with van der Waals surface area (Å²) in [4.78, 5) is 27.5. The van der Waals surface area contributed by atoms with Crippen molar-refractivity contribution < 1.29 is 14.3 Å². The highest BCUT2D eigenvalue weighted by atomic mass is 79.9. The summed E-state index contributed by atoms with van der Waals surface area (Å²) < 4.78 is 6.67. The van der Waals surface area contributed by atoms with Crippen LogP contribution in [0.1, 0.15) is 57.7 Å². The standard InChI is InChI=1S/C26H35BrN2O3/c1-7-22(25(31)28-8-2)29(16-19-11-9-18(3)10-12-19)24(30)17-32-23-14-13-20(15-21(23)27)26(4,5)6/h9-15,22H,7-8,16-17H2,1-6H3,(H,28,31)/t22-/m1/s1. The van der Waals surface area contributed by atoms with E-state index in [0.29, 0.717) is 25.3 Å². The third-order valence-electron chi connectivity index (χ3n) is 5.36. The maximum atomic E-state index is 13.2. The van der Waals surface area contributed by atoms with Crippen LogP contribution in [0, 0.1) is 6.92 Å². The van der Waals surface area contributed by atoms with Gasteiger partial charge in [0.2, 0.25) is 5.91 Å². The first kappa shape index (κ1) is 25.9. The average Bonchev–Trinajstić information content (AvgIpc) is 2.73. The molecule has 1 atom stereocenters. The van der Waals surface area contributed by atoms with Crippen molar-refractivity contribution in [2.24, 2.45) is 0 Å². The zero-order chi connectivity index (χ0) is 23.9. The fourth-order valence-electron chi connectivity index (χ4n) is 3.41. The van der Waals surface area contributed by atoms with Crippen molar-refractivity contribution in [1.82, 2.24) is 10.2 Å². The number of nitrogens with zero attached hydrogens (tertiary/aromatic N) is 1. The molecule has 0 aliphatic carbocycles. The number of hydrogen-bond donors (Lipinski definition) is 1. The monoisotopic (exact) mass is 502 g/mol. The smallest absolute Gasteiger partial charge is 0.261 e. The van der Waals surface area contributed by atoms with Gasteiger partial charge in [0, 0.05) is 13.1 Å². The first-order chi connectivity index (χ1) is 15.1. The first-order valence-corrected chi connectivity index (χ1v) is 11.9. The molecule has 32 heavy (non-hydrogen) atoms. The minimum Gasteiger partial charge on any atom is -0.483 e. The predicted molar refractivity (Wildman–Crippen MR) is 133 cm³/mol. The molecule has 0 unspecified atom stereocenters. The summed E-state index contributed by atoms with van der Waals surface area (Å²) in [5, 5.41) is 2.85. The molecular formula is C26H35BrN2O3. The molecule has 0 spiro atoms. The van der Waals surface area contributed by atoms with Crippen molar-refractivity contribution in [3.05, 3.63) is 63.6 Å². The Hall–Kier alpha value is -2.34. The summed E-state index contributed by atoms with van der Waals surface area (Å²) in [5.41, 5.74) is 3.31. The van der Waals surface area contributed by atoms with Gasteiger partial charge in [0.25, 0.3) is 5.91 Å². The topological polar surface area (TPSA) is 58.6 Å². The fourth-order valence-corrected chi connectivity index (χ4v) is 3.90. The Bertz CT molecular complexity index is 920. The van der Waals surface area contributed by atoms with Crippen LogP contribution in [-0.2, 0) is 21.5 Å². The molecule has 0 saturated heterocycles. The number of carbonyl (C=O) groups is 2. The number of rotatable bonds is 9. The third-order valence-corrected chi connectivity index (χ3v) is 5.98. The molecule has 0 heterocycles. The molecule has 0 aliphatic rings. The molecule has 1 N–H and O–H groups in total. The van der Waals surface area contributed by atoms with E-state index in [1.54, 1.807) is 4.90 Å². The van der Waals surface area contributed by atoms with E-state index in [0.717, 1.165) is 15.6 Å². The van der Waals surface area contributed by atoms with E-state index >= 15 is 0 Å². The van der Waals surface area contributed by atoms with Crippen LogP contribution in [0.4, 0.5) is 0 Å². The van der Waals surface area contributed by atoms with E-state index in [-0.39, 0.29) is 23.8 Å². The van der Waals surface area contributed by atoms with Crippen LogP contribution < -0.4 is 10.1 Å². The van der Waals surface area contributed by atoms with Crippen LogP contribution in [0.2, 0.25) is 0 Å². The molecule has 2 aromatic rings. The Morgan fingerprint density at radius 3 is 2.28 bits per heavy atom. The van der Waals surface area contributed by atoms with E-state index in [4.69, 9.17) is 4.74 Å². The van der Waals surface area contributed by atoms with Crippen molar-refractivity contribution in [3.63, 3.8) is 0 Å². The van der Waals surface area contributed by atoms with Crippen LogP contribution in [0.3, 0.4) is 0 Å². The van der Waals surface area contributed by atoms with Crippen molar-refractivity contribution in [2.45, 2.75) is 66.0 Å². The van der Waals surface area contributed by atoms with Gasteiger partial charge < -0.3 is 15.0 Å². The van der Waals surface area contributed by atoms with Crippen LogP contribution in [-0.4, -0.2) is 35.9 Å². The van der Waals surface area contributed by atoms with E-state index in [1.165, 1.54) is 5.56 Å². The highest BCUT2D eigenvalue weighted by Gasteiger charge is 2.28. The minimum absolute atomic E-state index is 0.0166. The Balaban J connectivity index is 2.21. The number of carbonyl (C=O) groups excluding carboxylic acids is 2. The molecule has 174 valence electrons. The molecule has 5 nitrogen and oxygen atoms in total. The largest absolute Gasteiger partial charge is 0.483 e. The van der Waals surface area contributed by atoms with Crippen LogP contribution >= 0.6 is 15.9 Å². The van der Waals surface area contributed by atoms with Crippen molar-refractivity contribution in [2.75, 3.05) is 13.2 Å². The lowest BCUT2D eigenvalue weighted by atomic mass is 9.87. The molecule has 6 heteroatoms. The maximum Gasteiger partial charge on any atom is 0.261 e. The second-order valence-electron chi connectivity index (χ2n) is 9.01. The number of nitrogens with one attached hydrogen (secondary N) is 1. The summed E-state index contributed by atoms with van der Waals surface area (Å²) in [6.45, 7) is 13.0. The molecular weight excluding hydrogens is 468 g/mol. The summed E-state index contributed by atoms with van der Waals surface area (Å²) in [6, 6.07) is 13.4. The second kappa shape index (κ2) is 11.5. The van der Waals surface area contributed by atoms with Gasteiger partial charge in [-0.1, -0.05) is 63.6 Å². The molecule has 0 aromatic heterocycles. The van der Waals surface area contributed by atoms with Gasteiger partial charge in [-0.15, -0.1) is 0 Å². The number of aryl methyl sites for hydroxylation is 1. The van der Waals surface area contributed by atoms with Gasteiger partial charge in [0.15, 0.2) is 6.61 Å². The maximum absolute atomic E-state index is 13.2. The first-order valence-electron chi connectivity index (χ1n) is 11.1. The fraction of sp³-hybridized carbons (Fsp3) is 0.462. The number of ether oxygens (including phenoxy) is 1. The summed E-state index contributed by atoms with van der Waals surface area (Å²) in [7, 11) is 0. The molecule has 0 radical (unpaired) electrons. The molecule has 0 saturated carbocycles. The van der Waals surface area contributed by atoms with E-state index in [9.17, 15) is 9.59 Å². The van der Waals surface area contributed by atoms with Gasteiger partial charge in [-0.2, -0.15) is 0 Å². The minimum atomic E-state index is -0.556. The molecule has 0 bridgehead atoms. The SMILES string of the molecule is CCNC(=O)[C@@H](CC)N(Cc1ccc(C)cc1)C(=O)COc1ccc(C(C)(C)C)cc1Br. The van der Waals surface area contributed by atoms with Gasteiger partial charge in [-0.25, -0.2) is 0 Å². The lowest BCUT2D eigenvalue weighted by molar-refractivity contribution is -0.142. The number of benzene rings is 2. The Kier molecular flexibility index (Phi) is 9.32. The normalized spacial score (nSPS) is 12.2. The quantitative estimate of drug-likeness (QED) is 0.500. The zero-order valence-electron chi connectivity index (χ0n) is 20.0. The van der Waals surface area contributed by atoms with Gasteiger partial charge in [0.1, 0.15) is 11.8 Å². The van der Waals surface area contributed by atoms with Crippen molar-refractivity contribution >= 4 is 27.7 Å². The number of halogens is 1. The number of amides is 2. The van der Waals surface area contributed by atoms with E-state index in [2.05, 4.69) is 42.0 Å². The zero-order valence-corrected chi connectivity index (χ0v) is 21.6. The van der Waals surface area contributed by atoms with E-state index < -0.39 is 6.04 Å². The summed E-state index contributed by atoms with van der Waals surface area (Å²) >= 11 is 3.56. The average molecular weight is 503 g/mol. The summed E-state index contributed by atoms with van der Waals surface area (Å²) in [6.07, 6.45) is 0.521. The molecule has 2 amide bonds. The van der Waals surface area contributed by atoms with Gasteiger partial charge in [0.05, 0.1) is 4.47 Å². The third kappa shape index (κ3) is 7.09. The van der Waals surface area contributed by atoms with E-state index in [1.807, 2.05) is 63.2 Å². The molecule has 0 fully saturated rings. The Morgan fingerprint density at radius 1 is 1.09 bits per heavy atom. The highest BCUT2D eigenvalue weighted by Crippen LogP contribution is 2.31. The van der Waals surface area contributed by atoms with Crippen LogP contribution in [0.15, 0.2) is 46.9 Å². The van der Waals surface area contributed by atoms with Gasteiger partial charge >= 0.3 is 0 Å². The van der Waals surface area contributed by atoms with Crippen LogP contribution in [0.25, 0.3) is 0 Å². The number of likely N-dealkylation sites (N-methyl/N-ethyl adjacent to an activating group) is 1. The molecule has 2 rings (SSSR count). The lowest BCUT2D eigenvalue weighted by Crippen LogP contribution is -2.50. The van der Waals surface area contributed by atoms with Crippen molar-refractivity contribution in [3.8, 4) is 5.75 Å². The van der Waals surface area contributed by atoms with Gasteiger partial charge in [-0.05, 0) is 64.9 Å². The Morgan fingerprint density at radius 2 is 1.75 bits per heavy atom. The van der Waals surface area contributed by atoms with Gasteiger partial charge in [-0.3, -0.25) is 9.59 Å². The second-order valence-corrected chi connectivity index (χ2v) is 9.86. The van der Waals surface area contributed by atoms with Crippen LogP contribution in [0.5, 0.6) is 5.75 Å². The van der Waals surface area contributed by atoms with Crippen molar-refractivity contribution in [1.29, 1.82) is 0 Å². The highest BCUT2D eigenvalue weighted by molar-refractivity contribution is 9.10. The summed E-state index contributed by atoms with van der Waals surface area (Å²) in [5.74, 6) is 0.231. The molecule has 2 aromatic carbocycles. The lowest BCUT2D eigenvalue weighted by Gasteiger charge is -2.30. The molecule has 0 aliphatic heterocycles.